The van der Waals surface area contributed by atoms with Crippen molar-refractivity contribution in [3.63, 3.8) is 0 Å². The molecule has 0 bridgehead atoms. The molecule has 140 valence electrons. The fourth-order valence-electron chi connectivity index (χ4n) is 2.91. The minimum absolute atomic E-state index is 0.230. The van der Waals surface area contributed by atoms with Gasteiger partial charge in [-0.25, -0.2) is 9.38 Å². The van der Waals surface area contributed by atoms with Gasteiger partial charge >= 0.3 is 6.36 Å². The van der Waals surface area contributed by atoms with Crippen molar-refractivity contribution in [3.8, 4) is 5.75 Å². The number of fused-ring (bicyclic) bond motifs is 3. The summed E-state index contributed by atoms with van der Waals surface area (Å²) in [5, 5.41) is 2.93. The van der Waals surface area contributed by atoms with Gasteiger partial charge in [-0.3, -0.25) is 4.99 Å². The Morgan fingerprint density at radius 1 is 1.19 bits per heavy atom. The van der Waals surface area contributed by atoms with Crippen LogP contribution in [0.4, 0.5) is 34.6 Å². The number of aliphatic imine (C=N–C) groups is 2. The molecule has 0 saturated heterocycles. The zero-order chi connectivity index (χ0) is 19.2. The smallest absolute Gasteiger partial charge is 0.403 e. The lowest BCUT2D eigenvalue weighted by atomic mass is 10.2. The van der Waals surface area contributed by atoms with Gasteiger partial charge in [0, 0.05) is 22.8 Å². The fourth-order valence-corrected chi connectivity index (χ4v) is 3.48. The number of hydrogen-bond donors (Lipinski definition) is 1. The Balaban J connectivity index is 1.65. The average molecular weight is 443 g/mol. The number of anilines is 2. The molecule has 0 saturated carbocycles. The molecule has 0 spiro atoms. The number of hydrogen-bond acceptors (Lipinski definition) is 5. The van der Waals surface area contributed by atoms with Crippen molar-refractivity contribution in [1.82, 2.24) is 0 Å². The monoisotopic (exact) mass is 442 g/mol. The van der Waals surface area contributed by atoms with Gasteiger partial charge in [0.05, 0.1) is 17.9 Å². The van der Waals surface area contributed by atoms with Gasteiger partial charge in [0.15, 0.2) is 23.2 Å². The Kier molecular flexibility index (Phi) is 4.29. The molecule has 2 heterocycles. The SMILES string of the molecule is Fc1cc(NC2=Nc3cccc(Br)c3N3CCN=C23)ccc1OC(F)(F)F. The van der Waals surface area contributed by atoms with E-state index in [0.717, 1.165) is 22.3 Å². The predicted molar refractivity (Wildman–Crippen MR) is 97.6 cm³/mol. The van der Waals surface area contributed by atoms with E-state index in [2.05, 4.69) is 36.0 Å². The number of rotatable bonds is 2. The lowest BCUT2D eigenvalue weighted by molar-refractivity contribution is -0.275. The lowest BCUT2D eigenvalue weighted by Crippen LogP contribution is -2.39. The maximum Gasteiger partial charge on any atom is 0.573 e. The fraction of sp³-hybridized carbons (Fsp3) is 0.176. The van der Waals surface area contributed by atoms with Crippen LogP contribution in [0.3, 0.4) is 0 Å². The summed E-state index contributed by atoms with van der Waals surface area (Å²) >= 11 is 3.50. The van der Waals surface area contributed by atoms with E-state index < -0.39 is 17.9 Å². The van der Waals surface area contributed by atoms with Gasteiger partial charge in [0.25, 0.3) is 0 Å². The number of nitrogens with zero attached hydrogens (tertiary/aromatic N) is 3. The highest BCUT2D eigenvalue weighted by molar-refractivity contribution is 9.10. The average Bonchev–Trinajstić information content (AvgIpc) is 3.06. The molecule has 0 fully saturated rings. The molecular formula is C17H11BrF4N4O. The van der Waals surface area contributed by atoms with E-state index in [1.807, 2.05) is 23.1 Å². The quantitative estimate of drug-likeness (QED) is 0.675. The number of halogens is 5. The standard InChI is InChI=1S/C17H11BrF4N4O/c18-10-2-1-3-12-14(10)26-7-6-23-16(26)15(25-12)24-9-4-5-13(11(19)8-9)27-17(20,21)22/h1-5,8H,6-7H2,(H,24,25). The van der Waals surface area contributed by atoms with Crippen molar-refractivity contribution in [2.24, 2.45) is 9.98 Å². The van der Waals surface area contributed by atoms with Crippen LogP contribution < -0.4 is 15.0 Å². The number of nitrogens with one attached hydrogen (secondary N) is 1. The lowest BCUT2D eigenvalue weighted by Gasteiger charge is -2.28. The van der Waals surface area contributed by atoms with Crippen molar-refractivity contribution < 1.29 is 22.3 Å². The number of benzene rings is 2. The molecule has 4 rings (SSSR count). The van der Waals surface area contributed by atoms with Gasteiger partial charge in [-0.05, 0) is 40.2 Å². The summed E-state index contributed by atoms with van der Waals surface area (Å²) in [6.45, 7) is 1.24. The highest BCUT2D eigenvalue weighted by Crippen LogP contribution is 2.40. The van der Waals surface area contributed by atoms with Crippen LogP contribution in [0.15, 0.2) is 50.9 Å². The maximum atomic E-state index is 13.9. The maximum absolute atomic E-state index is 13.9. The molecule has 0 aliphatic carbocycles. The topological polar surface area (TPSA) is 49.2 Å². The number of ether oxygens (including phenoxy) is 1. The highest BCUT2D eigenvalue weighted by Gasteiger charge is 2.33. The van der Waals surface area contributed by atoms with Crippen LogP contribution in [0.1, 0.15) is 0 Å². The Morgan fingerprint density at radius 2 is 2.00 bits per heavy atom. The summed E-state index contributed by atoms with van der Waals surface area (Å²) in [6.07, 6.45) is -4.96. The molecular weight excluding hydrogens is 432 g/mol. The summed E-state index contributed by atoms with van der Waals surface area (Å²) in [4.78, 5) is 10.9. The van der Waals surface area contributed by atoms with Crippen LogP contribution in [-0.4, -0.2) is 31.1 Å². The Labute approximate surface area is 159 Å². The molecule has 10 heteroatoms. The number of alkyl halides is 3. The molecule has 2 aromatic rings. The molecule has 0 radical (unpaired) electrons. The second kappa shape index (κ2) is 6.52. The third-order valence-corrected chi connectivity index (χ3v) is 4.58. The molecule has 1 N–H and O–H groups in total. The van der Waals surface area contributed by atoms with Gasteiger partial charge in [-0.15, -0.1) is 13.2 Å². The summed E-state index contributed by atoms with van der Waals surface area (Å²) < 4.78 is 55.3. The molecule has 0 aromatic heterocycles. The van der Waals surface area contributed by atoms with E-state index in [1.54, 1.807) is 0 Å². The first kappa shape index (κ1) is 17.8. The largest absolute Gasteiger partial charge is 0.573 e. The van der Waals surface area contributed by atoms with Gasteiger partial charge in [-0.1, -0.05) is 6.07 Å². The third kappa shape index (κ3) is 3.48. The Morgan fingerprint density at radius 3 is 2.74 bits per heavy atom. The zero-order valence-corrected chi connectivity index (χ0v) is 15.1. The van der Waals surface area contributed by atoms with Crippen molar-refractivity contribution in [3.05, 3.63) is 46.7 Å². The second-order valence-corrected chi connectivity index (χ2v) is 6.60. The summed E-state index contributed by atoms with van der Waals surface area (Å²) in [5.74, 6) is -1.05. The van der Waals surface area contributed by atoms with Crippen LogP contribution in [0.2, 0.25) is 0 Å². The van der Waals surface area contributed by atoms with Crippen molar-refractivity contribution >= 4 is 44.7 Å². The molecule has 0 amide bonds. The first-order chi connectivity index (χ1) is 12.8. The van der Waals surface area contributed by atoms with Crippen molar-refractivity contribution in [2.45, 2.75) is 6.36 Å². The predicted octanol–water partition coefficient (Wildman–Crippen LogP) is 4.86. The van der Waals surface area contributed by atoms with Crippen LogP contribution in [0.5, 0.6) is 5.75 Å². The van der Waals surface area contributed by atoms with E-state index in [4.69, 9.17) is 0 Å². The minimum Gasteiger partial charge on any atom is -0.403 e. The number of amidine groups is 2. The van der Waals surface area contributed by atoms with Crippen LogP contribution in [0.25, 0.3) is 0 Å². The van der Waals surface area contributed by atoms with E-state index in [1.165, 1.54) is 6.07 Å². The van der Waals surface area contributed by atoms with Crippen molar-refractivity contribution in [1.29, 1.82) is 0 Å². The Hall–Kier alpha value is -2.62. The first-order valence-electron chi connectivity index (χ1n) is 7.84. The summed E-state index contributed by atoms with van der Waals surface area (Å²) in [6, 6.07) is 8.68. The van der Waals surface area contributed by atoms with E-state index in [0.29, 0.717) is 30.4 Å². The van der Waals surface area contributed by atoms with Crippen LogP contribution >= 0.6 is 15.9 Å². The summed E-state index contributed by atoms with van der Waals surface area (Å²) in [5.41, 5.74) is 1.82. The van der Waals surface area contributed by atoms with Crippen LogP contribution in [0, 0.1) is 5.82 Å². The van der Waals surface area contributed by atoms with Gasteiger partial charge < -0.3 is 15.0 Å². The normalized spacial score (nSPS) is 15.7. The first-order valence-corrected chi connectivity index (χ1v) is 8.63. The molecule has 0 unspecified atom stereocenters. The zero-order valence-electron chi connectivity index (χ0n) is 13.5. The van der Waals surface area contributed by atoms with Gasteiger partial charge in [-0.2, -0.15) is 0 Å². The minimum atomic E-state index is -4.96. The third-order valence-electron chi connectivity index (χ3n) is 3.94. The van der Waals surface area contributed by atoms with E-state index >= 15 is 0 Å². The van der Waals surface area contributed by atoms with Crippen LogP contribution in [-0.2, 0) is 0 Å². The molecule has 2 aliphatic rings. The number of para-hydroxylation sites is 1. The highest BCUT2D eigenvalue weighted by atomic mass is 79.9. The molecule has 27 heavy (non-hydrogen) atoms. The molecule has 0 atom stereocenters. The van der Waals surface area contributed by atoms with Gasteiger partial charge in [0.1, 0.15) is 0 Å². The molecule has 2 aliphatic heterocycles. The summed E-state index contributed by atoms with van der Waals surface area (Å²) in [7, 11) is 0. The molecule has 2 aromatic carbocycles. The molecule has 5 nitrogen and oxygen atoms in total. The Bertz CT molecular complexity index is 974. The van der Waals surface area contributed by atoms with E-state index in [-0.39, 0.29) is 5.69 Å². The van der Waals surface area contributed by atoms with Crippen molar-refractivity contribution in [2.75, 3.05) is 23.3 Å². The second-order valence-electron chi connectivity index (χ2n) is 5.74. The van der Waals surface area contributed by atoms with Gasteiger partial charge in [0.2, 0.25) is 0 Å². The van der Waals surface area contributed by atoms with E-state index in [9.17, 15) is 17.6 Å².